The quantitative estimate of drug-likeness (QED) is 0.631. The van der Waals surface area contributed by atoms with Crippen molar-refractivity contribution < 1.29 is 4.79 Å². The van der Waals surface area contributed by atoms with Gasteiger partial charge >= 0.3 is 0 Å². The third-order valence-electron chi connectivity index (χ3n) is 2.89. The van der Waals surface area contributed by atoms with Crippen LogP contribution in [0.15, 0.2) is 0 Å². The molecule has 3 heteroatoms. The Morgan fingerprint density at radius 3 is 2.46 bits per heavy atom. The fraction of sp³-hybridized carbons (Fsp3) is 0.800. The van der Waals surface area contributed by atoms with Gasteiger partial charge in [0, 0.05) is 26.1 Å². The molecule has 0 spiro atoms. The maximum absolute atomic E-state index is 11.0. The Morgan fingerprint density at radius 2 is 2.08 bits per heavy atom. The fourth-order valence-corrected chi connectivity index (χ4v) is 1.80. The molecule has 0 saturated carbocycles. The molecule has 0 bridgehead atoms. The maximum atomic E-state index is 11.0. The van der Waals surface area contributed by atoms with E-state index in [1.165, 1.54) is 0 Å². The molecule has 1 radical (unpaired) electrons. The molecular weight excluding hydrogens is 164 g/mol. The van der Waals surface area contributed by atoms with Gasteiger partial charge in [-0.05, 0) is 33.4 Å². The molecule has 3 nitrogen and oxygen atoms in total. The number of hydrogen-bond donors (Lipinski definition) is 0. The first kappa shape index (κ1) is 10.5. The smallest absolute Gasteiger partial charge is 0.219 e. The van der Waals surface area contributed by atoms with Gasteiger partial charge in [0.25, 0.3) is 0 Å². The van der Waals surface area contributed by atoms with Crippen LogP contribution in [0.5, 0.6) is 0 Å². The summed E-state index contributed by atoms with van der Waals surface area (Å²) in [5.74, 6) is 0.204. The number of hydrogen-bond acceptors (Lipinski definition) is 2. The van der Waals surface area contributed by atoms with Gasteiger partial charge in [0.1, 0.15) is 0 Å². The molecule has 1 amide bonds. The predicted molar refractivity (Wildman–Crippen MR) is 53.3 cm³/mol. The molecule has 1 heterocycles. The number of piperidine rings is 1. The topological polar surface area (TPSA) is 23.6 Å². The molecule has 75 valence electrons. The molecule has 0 aromatic carbocycles. The van der Waals surface area contributed by atoms with Crippen LogP contribution < -0.4 is 0 Å². The fourth-order valence-electron chi connectivity index (χ4n) is 1.80. The number of amides is 1. The Balaban J connectivity index is 2.34. The monoisotopic (exact) mass is 183 g/mol. The summed E-state index contributed by atoms with van der Waals surface area (Å²) in [6.07, 6.45) is 2.18. The van der Waals surface area contributed by atoms with E-state index in [0.29, 0.717) is 6.04 Å². The second kappa shape index (κ2) is 4.61. The van der Waals surface area contributed by atoms with E-state index in [1.807, 2.05) is 4.90 Å². The Bertz CT molecular complexity index is 174. The van der Waals surface area contributed by atoms with Crippen molar-refractivity contribution in [3.8, 4) is 0 Å². The highest BCUT2D eigenvalue weighted by atomic mass is 16.2. The highest BCUT2D eigenvalue weighted by molar-refractivity contribution is 5.73. The van der Waals surface area contributed by atoms with E-state index in [-0.39, 0.29) is 5.91 Å². The average molecular weight is 183 g/mol. The van der Waals surface area contributed by atoms with Crippen molar-refractivity contribution in [3.05, 3.63) is 6.92 Å². The van der Waals surface area contributed by atoms with Crippen molar-refractivity contribution in [3.63, 3.8) is 0 Å². The molecule has 0 N–H and O–H groups in total. The van der Waals surface area contributed by atoms with Crippen molar-refractivity contribution in [1.29, 1.82) is 0 Å². The molecule has 1 aliphatic heterocycles. The van der Waals surface area contributed by atoms with Gasteiger partial charge in [-0.2, -0.15) is 0 Å². The zero-order valence-electron chi connectivity index (χ0n) is 8.62. The summed E-state index contributed by atoms with van der Waals surface area (Å²) < 4.78 is 0. The minimum atomic E-state index is 0.204. The molecule has 0 unspecified atom stereocenters. The molecule has 13 heavy (non-hydrogen) atoms. The van der Waals surface area contributed by atoms with Gasteiger partial charge in [-0.3, -0.25) is 4.79 Å². The molecule has 1 fully saturated rings. The molecule has 1 aliphatic rings. The Hall–Kier alpha value is -0.570. The lowest BCUT2D eigenvalue weighted by Crippen LogP contribution is -2.44. The number of carbonyl (C=O) groups excluding carboxylic acids is 1. The van der Waals surface area contributed by atoms with Crippen LogP contribution in [0.25, 0.3) is 0 Å². The van der Waals surface area contributed by atoms with Crippen LogP contribution in [0.4, 0.5) is 0 Å². The van der Waals surface area contributed by atoms with Gasteiger partial charge < -0.3 is 9.80 Å². The van der Waals surface area contributed by atoms with E-state index >= 15 is 0 Å². The highest BCUT2D eigenvalue weighted by Crippen LogP contribution is 2.14. The van der Waals surface area contributed by atoms with Gasteiger partial charge in [0.05, 0.1) is 0 Å². The summed E-state index contributed by atoms with van der Waals surface area (Å²) >= 11 is 0. The van der Waals surface area contributed by atoms with Crippen molar-refractivity contribution in [2.45, 2.75) is 25.8 Å². The standard InChI is InChI=1S/C10H19N2O/c1-4-11(3)10-5-7-12(8-6-10)9(2)13/h10H,1,4-8H2,2-3H3. The van der Waals surface area contributed by atoms with Crippen LogP contribution in [-0.4, -0.2) is 48.4 Å². The third-order valence-corrected chi connectivity index (χ3v) is 2.89. The summed E-state index contributed by atoms with van der Waals surface area (Å²) in [7, 11) is 2.10. The van der Waals surface area contributed by atoms with E-state index in [2.05, 4.69) is 18.9 Å². The van der Waals surface area contributed by atoms with Crippen LogP contribution in [-0.2, 0) is 4.79 Å². The summed E-state index contributed by atoms with van der Waals surface area (Å²) in [4.78, 5) is 15.2. The van der Waals surface area contributed by atoms with Gasteiger partial charge in [0.2, 0.25) is 5.91 Å². The van der Waals surface area contributed by atoms with Gasteiger partial charge in [-0.1, -0.05) is 0 Å². The molecule has 0 aliphatic carbocycles. The molecule has 0 aromatic rings. The predicted octanol–water partition coefficient (Wildman–Crippen LogP) is 0.763. The lowest BCUT2D eigenvalue weighted by atomic mass is 10.0. The maximum Gasteiger partial charge on any atom is 0.219 e. The first-order valence-electron chi connectivity index (χ1n) is 4.90. The number of nitrogens with zero attached hydrogens (tertiary/aromatic N) is 2. The Morgan fingerprint density at radius 1 is 1.54 bits per heavy atom. The zero-order valence-corrected chi connectivity index (χ0v) is 8.62. The molecular formula is C10H19N2O. The summed E-state index contributed by atoms with van der Waals surface area (Å²) in [5.41, 5.74) is 0. The van der Waals surface area contributed by atoms with Crippen LogP contribution in [0.1, 0.15) is 19.8 Å². The lowest BCUT2D eigenvalue weighted by molar-refractivity contribution is -0.130. The van der Waals surface area contributed by atoms with Crippen molar-refractivity contribution in [1.82, 2.24) is 9.80 Å². The summed E-state index contributed by atoms with van der Waals surface area (Å²) in [6.45, 7) is 8.17. The van der Waals surface area contributed by atoms with E-state index < -0.39 is 0 Å². The number of carbonyl (C=O) groups is 1. The SMILES string of the molecule is [CH2]CN(C)C1CCN(C(C)=O)CC1. The van der Waals surface area contributed by atoms with Crippen LogP contribution >= 0.6 is 0 Å². The second-order valence-corrected chi connectivity index (χ2v) is 3.72. The van der Waals surface area contributed by atoms with Gasteiger partial charge in [0.15, 0.2) is 0 Å². The van der Waals surface area contributed by atoms with E-state index in [4.69, 9.17) is 0 Å². The first-order chi connectivity index (χ1) is 6.15. The lowest BCUT2D eigenvalue weighted by Gasteiger charge is -2.35. The first-order valence-corrected chi connectivity index (χ1v) is 4.90. The van der Waals surface area contributed by atoms with Crippen molar-refractivity contribution >= 4 is 5.91 Å². The normalized spacial score (nSPS) is 19.5. The molecule has 0 aromatic heterocycles. The van der Waals surface area contributed by atoms with Crippen LogP contribution in [0, 0.1) is 6.92 Å². The van der Waals surface area contributed by atoms with Gasteiger partial charge in [-0.15, -0.1) is 0 Å². The van der Waals surface area contributed by atoms with E-state index in [9.17, 15) is 4.79 Å². The average Bonchev–Trinajstić information content (AvgIpc) is 2.17. The van der Waals surface area contributed by atoms with Crippen molar-refractivity contribution in [2.24, 2.45) is 0 Å². The molecule has 0 atom stereocenters. The zero-order chi connectivity index (χ0) is 9.84. The Kier molecular flexibility index (Phi) is 3.72. The second-order valence-electron chi connectivity index (χ2n) is 3.72. The minimum absolute atomic E-state index is 0.204. The van der Waals surface area contributed by atoms with E-state index in [0.717, 1.165) is 32.5 Å². The third kappa shape index (κ3) is 2.69. The minimum Gasteiger partial charge on any atom is -0.343 e. The van der Waals surface area contributed by atoms with Crippen molar-refractivity contribution in [2.75, 3.05) is 26.7 Å². The van der Waals surface area contributed by atoms with E-state index in [1.54, 1.807) is 6.92 Å². The number of rotatable bonds is 2. The van der Waals surface area contributed by atoms with Crippen LogP contribution in [0.2, 0.25) is 0 Å². The van der Waals surface area contributed by atoms with Gasteiger partial charge in [-0.25, -0.2) is 0 Å². The molecule has 1 saturated heterocycles. The highest BCUT2D eigenvalue weighted by Gasteiger charge is 2.22. The molecule has 1 rings (SSSR count). The summed E-state index contributed by atoms with van der Waals surface area (Å²) in [5, 5.41) is 0. The Labute approximate surface area is 80.7 Å². The summed E-state index contributed by atoms with van der Waals surface area (Å²) in [6, 6.07) is 0.619. The largest absolute Gasteiger partial charge is 0.343 e. The van der Waals surface area contributed by atoms with Crippen LogP contribution in [0.3, 0.4) is 0 Å². The number of likely N-dealkylation sites (tertiary alicyclic amines) is 1.